The average Bonchev–Trinajstić information content (AvgIpc) is 3.57. The molecule has 7 aromatic carbocycles. The van der Waals surface area contributed by atoms with Crippen LogP contribution in [0.25, 0.3) is 87.7 Å². The second-order valence-corrected chi connectivity index (χ2v) is 13.1. The maximum absolute atomic E-state index is 4.96. The lowest BCUT2D eigenvalue weighted by molar-refractivity contribution is 1.07. The van der Waals surface area contributed by atoms with Crippen LogP contribution in [0.1, 0.15) is 0 Å². The molecule has 9 rings (SSSR count). The highest BCUT2D eigenvalue weighted by atomic mass is 32.1. The molecule has 3 nitrogen and oxygen atoms in total. The molecule has 2 heterocycles. The van der Waals surface area contributed by atoms with Gasteiger partial charge in [-0.25, -0.2) is 15.0 Å². The number of hydrogen-bond donors (Lipinski definition) is 0. The first-order chi connectivity index (χ1) is 24.3. The van der Waals surface area contributed by atoms with Crippen molar-refractivity contribution >= 4 is 31.5 Å². The third-order valence-corrected chi connectivity index (χ3v) is 10.1. The monoisotopic (exact) mass is 643 g/mol. The SMILES string of the molecule is c1ccc(-c2ccc(-c3ccc(-c4cccc5sc6cc(-c7nc(-c8ccccc8)nc(-c8ccccc8)n7)ccc6c45)cc3)cc2)cc1. The largest absolute Gasteiger partial charge is 0.208 e. The van der Waals surface area contributed by atoms with Crippen LogP contribution < -0.4 is 0 Å². The molecule has 0 N–H and O–H groups in total. The van der Waals surface area contributed by atoms with E-state index in [9.17, 15) is 0 Å². The Morgan fingerprint density at radius 1 is 0.306 bits per heavy atom. The standard InChI is InChI=1S/C45H29N3S/c1-4-11-30(12-5-1)31-19-21-32(22-20-31)33-23-25-34(26-24-33)38-17-10-18-40-42(38)39-28-27-37(29-41(39)49-40)45-47-43(35-13-6-2-7-14-35)46-44(48-45)36-15-8-3-9-16-36/h1-29H. The lowest BCUT2D eigenvalue weighted by atomic mass is 9.96. The molecule has 0 bridgehead atoms. The van der Waals surface area contributed by atoms with Crippen molar-refractivity contribution in [2.24, 2.45) is 0 Å². The minimum atomic E-state index is 0.666. The summed E-state index contributed by atoms with van der Waals surface area (Å²) >= 11 is 1.81. The molecule has 0 aliphatic carbocycles. The minimum absolute atomic E-state index is 0.666. The van der Waals surface area contributed by atoms with E-state index >= 15 is 0 Å². The van der Waals surface area contributed by atoms with E-state index < -0.39 is 0 Å². The molecule has 0 radical (unpaired) electrons. The third-order valence-electron chi connectivity index (χ3n) is 8.98. The van der Waals surface area contributed by atoms with Gasteiger partial charge in [0.25, 0.3) is 0 Å². The van der Waals surface area contributed by atoms with E-state index in [0.29, 0.717) is 17.5 Å². The Kier molecular flexibility index (Phi) is 7.34. The zero-order chi connectivity index (χ0) is 32.6. The highest BCUT2D eigenvalue weighted by Crippen LogP contribution is 2.42. The Morgan fingerprint density at radius 3 is 1.27 bits per heavy atom. The van der Waals surface area contributed by atoms with Crippen LogP contribution in [0.5, 0.6) is 0 Å². The van der Waals surface area contributed by atoms with Crippen molar-refractivity contribution in [3.63, 3.8) is 0 Å². The van der Waals surface area contributed by atoms with Gasteiger partial charge in [-0.15, -0.1) is 11.3 Å². The molecule has 0 saturated heterocycles. The molecule has 9 aromatic rings. The maximum atomic E-state index is 4.96. The van der Waals surface area contributed by atoms with Crippen LogP contribution in [-0.2, 0) is 0 Å². The average molecular weight is 644 g/mol. The minimum Gasteiger partial charge on any atom is -0.208 e. The molecule has 0 aliphatic rings. The molecule has 0 saturated carbocycles. The summed E-state index contributed by atoms with van der Waals surface area (Å²) in [6.45, 7) is 0. The summed E-state index contributed by atoms with van der Waals surface area (Å²) < 4.78 is 2.47. The van der Waals surface area contributed by atoms with Gasteiger partial charge in [-0.2, -0.15) is 0 Å². The highest BCUT2D eigenvalue weighted by Gasteiger charge is 2.16. The molecule has 0 spiro atoms. The quantitative estimate of drug-likeness (QED) is 0.181. The van der Waals surface area contributed by atoms with E-state index in [1.165, 1.54) is 53.6 Å². The molecule has 0 fully saturated rings. The van der Waals surface area contributed by atoms with Gasteiger partial charge in [0.1, 0.15) is 0 Å². The summed E-state index contributed by atoms with van der Waals surface area (Å²) in [6, 6.07) is 61.7. The smallest absolute Gasteiger partial charge is 0.164 e. The van der Waals surface area contributed by atoms with E-state index in [0.717, 1.165) is 16.7 Å². The zero-order valence-corrected chi connectivity index (χ0v) is 27.3. The molecule has 4 heteroatoms. The van der Waals surface area contributed by atoms with Gasteiger partial charge in [0, 0.05) is 36.9 Å². The maximum Gasteiger partial charge on any atom is 0.164 e. The first-order valence-corrected chi connectivity index (χ1v) is 17.2. The van der Waals surface area contributed by atoms with Gasteiger partial charge in [-0.05, 0) is 45.5 Å². The number of rotatable bonds is 6. The van der Waals surface area contributed by atoms with Gasteiger partial charge >= 0.3 is 0 Å². The molecule has 49 heavy (non-hydrogen) atoms. The number of thiophene rings is 1. The molecule has 2 aromatic heterocycles. The Balaban J connectivity index is 1.08. The second kappa shape index (κ2) is 12.4. The molecule has 0 atom stereocenters. The number of hydrogen-bond acceptors (Lipinski definition) is 4. The Morgan fingerprint density at radius 2 is 0.735 bits per heavy atom. The van der Waals surface area contributed by atoms with E-state index in [4.69, 9.17) is 15.0 Å². The van der Waals surface area contributed by atoms with Crippen LogP contribution in [-0.4, -0.2) is 15.0 Å². The van der Waals surface area contributed by atoms with E-state index in [1.54, 1.807) is 0 Å². The van der Waals surface area contributed by atoms with Crippen molar-refractivity contribution in [2.45, 2.75) is 0 Å². The fourth-order valence-corrected chi connectivity index (χ4v) is 7.64. The summed E-state index contributed by atoms with van der Waals surface area (Å²) in [7, 11) is 0. The molecule has 0 aliphatic heterocycles. The van der Waals surface area contributed by atoms with E-state index in [-0.39, 0.29) is 0 Å². The first kappa shape index (κ1) is 29.0. The van der Waals surface area contributed by atoms with Crippen LogP contribution in [0.15, 0.2) is 176 Å². The van der Waals surface area contributed by atoms with Crippen LogP contribution in [0.2, 0.25) is 0 Å². The third kappa shape index (κ3) is 5.58. The van der Waals surface area contributed by atoms with Crippen LogP contribution in [0.3, 0.4) is 0 Å². The van der Waals surface area contributed by atoms with Gasteiger partial charge in [0.05, 0.1) is 0 Å². The summed E-state index contributed by atoms with van der Waals surface area (Å²) in [6.07, 6.45) is 0. The number of nitrogens with zero attached hydrogens (tertiary/aromatic N) is 3. The fraction of sp³-hybridized carbons (Fsp3) is 0. The predicted octanol–water partition coefficient (Wildman–Crippen LogP) is 12.2. The van der Waals surface area contributed by atoms with Crippen LogP contribution >= 0.6 is 11.3 Å². The molecule has 0 amide bonds. The topological polar surface area (TPSA) is 38.7 Å². The lowest BCUT2D eigenvalue weighted by Gasteiger charge is -2.09. The fourth-order valence-electron chi connectivity index (χ4n) is 6.47. The van der Waals surface area contributed by atoms with Gasteiger partial charge < -0.3 is 0 Å². The van der Waals surface area contributed by atoms with Gasteiger partial charge in [0.15, 0.2) is 17.5 Å². The van der Waals surface area contributed by atoms with E-state index in [2.05, 4.69) is 115 Å². The summed E-state index contributed by atoms with van der Waals surface area (Å²) in [4.78, 5) is 14.8. The van der Waals surface area contributed by atoms with Crippen molar-refractivity contribution in [1.29, 1.82) is 0 Å². The van der Waals surface area contributed by atoms with Crippen molar-refractivity contribution in [3.8, 4) is 67.5 Å². The summed E-state index contributed by atoms with van der Waals surface area (Å²) in [5, 5.41) is 2.51. The van der Waals surface area contributed by atoms with Gasteiger partial charge in [0.2, 0.25) is 0 Å². The van der Waals surface area contributed by atoms with Crippen LogP contribution in [0.4, 0.5) is 0 Å². The van der Waals surface area contributed by atoms with Gasteiger partial charge in [-0.3, -0.25) is 0 Å². The van der Waals surface area contributed by atoms with E-state index in [1.807, 2.05) is 72.0 Å². The Labute approximate surface area is 288 Å². The van der Waals surface area contributed by atoms with Crippen LogP contribution in [0, 0.1) is 0 Å². The number of benzene rings is 7. The van der Waals surface area contributed by atoms with Crippen molar-refractivity contribution < 1.29 is 0 Å². The summed E-state index contributed by atoms with van der Waals surface area (Å²) in [5.74, 6) is 2.00. The normalized spacial score (nSPS) is 11.3. The predicted molar refractivity (Wildman–Crippen MR) is 205 cm³/mol. The lowest BCUT2D eigenvalue weighted by Crippen LogP contribution is -1.99. The summed E-state index contributed by atoms with van der Waals surface area (Å²) in [5.41, 5.74) is 10.2. The molecule has 0 unspecified atom stereocenters. The first-order valence-electron chi connectivity index (χ1n) is 16.4. The Hall–Kier alpha value is -6.23. The second-order valence-electron chi connectivity index (χ2n) is 12.1. The highest BCUT2D eigenvalue weighted by molar-refractivity contribution is 7.26. The van der Waals surface area contributed by atoms with Gasteiger partial charge in [-0.1, -0.05) is 164 Å². The zero-order valence-electron chi connectivity index (χ0n) is 26.5. The van der Waals surface area contributed by atoms with Crippen molar-refractivity contribution in [3.05, 3.63) is 176 Å². The molecular formula is C45H29N3S. The number of fused-ring (bicyclic) bond motifs is 3. The number of aromatic nitrogens is 3. The molecular weight excluding hydrogens is 615 g/mol. The molecule has 230 valence electrons. The van der Waals surface area contributed by atoms with Crippen molar-refractivity contribution in [1.82, 2.24) is 15.0 Å². The van der Waals surface area contributed by atoms with Crippen molar-refractivity contribution in [2.75, 3.05) is 0 Å². The Bertz CT molecular complexity index is 2500.